The molecule has 104 valence electrons. The minimum Gasteiger partial charge on any atom is -0.479 e. The van der Waals surface area contributed by atoms with Crippen LogP contribution in [-0.2, 0) is 4.79 Å². The van der Waals surface area contributed by atoms with Crippen LogP contribution in [0, 0.1) is 5.92 Å². The van der Waals surface area contributed by atoms with Gasteiger partial charge in [0.05, 0.1) is 6.20 Å². The molecule has 19 heavy (non-hydrogen) atoms. The highest BCUT2D eigenvalue weighted by atomic mass is 16.5. The predicted octanol–water partition coefficient (Wildman–Crippen LogP) is 0.965. The quantitative estimate of drug-likeness (QED) is 0.802. The van der Waals surface area contributed by atoms with Crippen LogP contribution in [0.15, 0.2) is 24.5 Å². The van der Waals surface area contributed by atoms with Gasteiger partial charge >= 0.3 is 0 Å². The monoisotopic (exact) mass is 263 g/mol. The Labute approximate surface area is 113 Å². The number of amides is 1. The Morgan fingerprint density at radius 3 is 3.26 bits per heavy atom. The van der Waals surface area contributed by atoms with Gasteiger partial charge in [-0.25, -0.2) is 0 Å². The summed E-state index contributed by atoms with van der Waals surface area (Å²) in [6, 6.07) is 3.58. The second-order valence-corrected chi connectivity index (χ2v) is 4.89. The van der Waals surface area contributed by atoms with Gasteiger partial charge in [0.1, 0.15) is 5.75 Å². The van der Waals surface area contributed by atoms with E-state index >= 15 is 0 Å². The van der Waals surface area contributed by atoms with Crippen molar-refractivity contribution in [3.8, 4) is 5.75 Å². The fourth-order valence-corrected chi connectivity index (χ4v) is 2.18. The summed E-state index contributed by atoms with van der Waals surface area (Å²) in [6.45, 7) is 4.63. The number of hydrogen-bond acceptors (Lipinski definition) is 4. The predicted molar refractivity (Wildman–Crippen MR) is 72.9 cm³/mol. The van der Waals surface area contributed by atoms with E-state index in [0.29, 0.717) is 18.2 Å². The molecule has 0 aliphatic carbocycles. The molecule has 1 aromatic heterocycles. The van der Waals surface area contributed by atoms with E-state index in [2.05, 4.69) is 15.6 Å². The summed E-state index contributed by atoms with van der Waals surface area (Å²) in [5.74, 6) is 1.23. The molecule has 5 heteroatoms. The molecule has 1 fully saturated rings. The van der Waals surface area contributed by atoms with Crippen molar-refractivity contribution in [2.24, 2.45) is 5.92 Å². The molecule has 0 bridgehead atoms. The molecule has 0 aromatic carbocycles. The van der Waals surface area contributed by atoms with Gasteiger partial charge in [0.2, 0.25) is 0 Å². The summed E-state index contributed by atoms with van der Waals surface area (Å²) in [5, 5.41) is 6.24. The Kier molecular flexibility index (Phi) is 5.15. The van der Waals surface area contributed by atoms with E-state index in [9.17, 15) is 4.79 Å². The summed E-state index contributed by atoms with van der Waals surface area (Å²) in [4.78, 5) is 15.8. The van der Waals surface area contributed by atoms with Gasteiger partial charge in [-0.15, -0.1) is 0 Å². The van der Waals surface area contributed by atoms with Gasteiger partial charge in [-0.05, 0) is 50.9 Å². The molecule has 2 N–H and O–H groups in total. The Balaban J connectivity index is 1.67. The van der Waals surface area contributed by atoms with Crippen molar-refractivity contribution < 1.29 is 9.53 Å². The zero-order chi connectivity index (χ0) is 13.5. The van der Waals surface area contributed by atoms with Gasteiger partial charge in [0.15, 0.2) is 6.10 Å². The second-order valence-electron chi connectivity index (χ2n) is 4.89. The minimum atomic E-state index is -0.495. The summed E-state index contributed by atoms with van der Waals surface area (Å²) < 4.78 is 5.51. The molecule has 5 nitrogen and oxygen atoms in total. The van der Waals surface area contributed by atoms with Crippen molar-refractivity contribution in [3.63, 3.8) is 0 Å². The minimum absolute atomic E-state index is 0.0743. The van der Waals surface area contributed by atoms with Crippen LogP contribution >= 0.6 is 0 Å². The molecule has 2 rings (SSSR count). The number of hydrogen-bond donors (Lipinski definition) is 2. The number of carbonyl (C=O) groups excluding carboxylic acids is 1. The zero-order valence-electron chi connectivity index (χ0n) is 11.3. The van der Waals surface area contributed by atoms with Crippen LogP contribution < -0.4 is 15.4 Å². The standard InChI is InChI=1S/C14H21N3O2/c1-11(19-13-3-2-6-15-10-13)14(18)17-8-5-12-4-7-16-9-12/h2-3,6,10-12,16H,4-5,7-9H2,1H3,(H,17,18). The first-order valence-electron chi connectivity index (χ1n) is 6.81. The molecule has 0 radical (unpaired) electrons. The molecule has 1 aliphatic rings. The maximum Gasteiger partial charge on any atom is 0.260 e. The molecular formula is C14H21N3O2. The van der Waals surface area contributed by atoms with Crippen molar-refractivity contribution in [2.75, 3.05) is 19.6 Å². The molecule has 0 saturated carbocycles. The number of nitrogens with one attached hydrogen (secondary N) is 2. The lowest BCUT2D eigenvalue weighted by molar-refractivity contribution is -0.127. The Morgan fingerprint density at radius 1 is 1.68 bits per heavy atom. The van der Waals surface area contributed by atoms with E-state index in [0.717, 1.165) is 19.5 Å². The van der Waals surface area contributed by atoms with Gasteiger partial charge in [-0.2, -0.15) is 0 Å². The van der Waals surface area contributed by atoms with Crippen LogP contribution in [-0.4, -0.2) is 36.6 Å². The lowest BCUT2D eigenvalue weighted by atomic mass is 10.1. The molecule has 1 aliphatic heterocycles. The highest BCUT2D eigenvalue weighted by Crippen LogP contribution is 2.11. The van der Waals surface area contributed by atoms with Crippen LogP contribution in [0.5, 0.6) is 5.75 Å². The van der Waals surface area contributed by atoms with E-state index in [-0.39, 0.29) is 5.91 Å². The van der Waals surface area contributed by atoms with Gasteiger partial charge < -0.3 is 15.4 Å². The highest BCUT2D eigenvalue weighted by Gasteiger charge is 2.17. The number of ether oxygens (including phenoxy) is 1. The third-order valence-electron chi connectivity index (χ3n) is 3.33. The van der Waals surface area contributed by atoms with Crippen LogP contribution in [0.1, 0.15) is 19.8 Å². The molecule has 1 saturated heterocycles. The number of nitrogens with zero attached hydrogens (tertiary/aromatic N) is 1. The molecule has 2 heterocycles. The fraction of sp³-hybridized carbons (Fsp3) is 0.571. The third-order valence-corrected chi connectivity index (χ3v) is 3.33. The number of pyridine rings is 1. The van der Waals surface area contributed by atoms with Crippen molar-refractivity contribution >= 4 is 5.91 Å². The number of rotatable bonds is 6. The summed E-state index contributed by atoms with van der Waals surface area (Å²) in [5.41, 5.74) is 0. The maximum atomic E-state index is 11.8. The zero-order valence-corrected chi connectivity index (χ0v) is 11.3. The smallest absolute Gasteiger partial charge is 0.260 e. The van der Waals surface area contributed by atoms with E-state index in [4.69, 9.17) is 4.74 Å². The first-order valence-corrected chi connectivity index (χ1v) is 6.81. The first-order chi connectivity index (χ1) is 9.25. The Bertz CT molecular complexity index is 391. The van der Waals surface area contributed by atoms with Gasteiger partial charge in [-0.3, -0.25) is 9.78 Å². The normalized spacial score (nSPS) is 19.9. The SMILES string of the molecule is CC(Oc1cccnc1)C(=O)NCCC1CCNC1. The summed E-state index contributed by atoms with van der Waals surface area (Å²) in [7, 11) is 0. The second kappa shape index (κ2) is 7.09. The molecule has 1 aromatic rings. The van der Waals surface area contributed by atoms with Crippen molar-refractivity contribution in [2.45, 2.75) is 25.9 Å². The van der Waals surface area contributed by atoms with Gasteiger partial charge in [0, 0.05) is 12.7 Å². The average molecular weight is 263 g/mol. The topological polar surface area (TPSA) is 63.2 Å². The van der Waals surface area contributed by atoms with Crippen LogP contribution in [0.3, 0.4) is 0 Å². The van der Waals surface area contributed by atoms with E-state index in [1.54, 1.807) is 31.5 Å². The number of carbonyl (C=O) groups is 1. The fourth-order valence-electron chi connectivity index (χ4n) is 2.18. The number of aromatic nitrogens is 1. The van der Waals surface area contributed by atoms with Gasteiger partial charge in [0.25, 0.3) is 5.91 Å². The van der Waals surface area contributed by atoms with Crippen molar-refractivity contribution in [3.05, 3.63) is 24.5 Å². The maximum absolute atomic E-state index is 11.8. The first kappa shape index (κ1) is 13.8. The lowest BCUT2D eigenvalue weighted by Gasteiger charge is -2.15. The lowest BCUT2D eigenvalue weighted by Crippen LogP contribution is -2.37. The largest absolute Gasteiger partial charge is 0.479 e. The molecule has 2 atom stereocenters. The Hall–Kier alpha value is -1.62. The van der Waals surface area contributed by atoms with E-state index in [1.807, 2.05) is 0 Å². The third kappa shape index (κ3) is 4.52. The van der Waals surface area contributed by atoms with Crippen molar-refractivity contribution in [1.82, 2.24) is 15.6 Å². The summed E-state index contributed by atoms with van der Waals surface area (Å²) in [6.07, 6.45) is 5.02. The van der Waals surface area contributed by atoms with E-state index < -0.39 is 6.10 Å². The van der Waals surface area contributed by atoms with Crippen LogP contribution in [0.25, 0.3) is 0 Å². The van der Waals surface area contributed by atoms with E-state index in [1.165, 1.54) is 6.42 Å². The molecule has 2 unspecified atom stereocenters. The molecule has 1 amide bonds. The van der Waals surface area contributed by atoms with Gasteiger partial charge in [-0.1, -0.05) is 0 Å². The Morgan fingerprint density at radius 2 is 2.58 bits per heavy atom. The van der Waals surface area contributed by atoms with Crippen LogP contribution in [0.2, 0.25) is 0 Å². The summed E-state index contributed by atoms with van der Waals surface area (Å²) >= 11 is 0. The molecular weight excluding hydrogens is 242 g/mol. The molecule has 0 spiro atoms. The highest BCUT2D eigenvalue weighted by molar-refractivity contribution is 5.80. The average Bonchev–Trinajstić information content (AvgIpc) is 2.93. The van der Waals surface area contributed by atoms with Crippen LogP contribution in [0.4, 0.5) is 0 Å². The van der Waals surface area contributed by atoms with Crippen molar-refractivity contribution in [1.29, 1.82) is 0 Å².